The van der Waals surface area contributed by atoms with Crippen LogP contribution in [0, 0.1) is 0 Å². The largest absolute Gasteiger partial charge is 0.367 e. The number of nitrogens with zero attached hydrogens (tertiary/aromatic N) is 1. The Morgan fingerprint density at radius 3 is 2.53 bits per heavy atom. The van der Waals surface area contributed by atoms with Crippen molar-refractivity contribution in [3.05, 3.63) is 42.5 Å². The van der Waals surface area contributed by atoms with E-state index in [0.29, 0.717) is 5.75 Å². The number of oxime groups is 1. The zero-order chi connectivity index (χ0) is 10.7. The van der Waals surface area contributed by atoms with Crippen molar-refractivity contribution in [2.24, 2.45) is 16.6 Å². The highest BCUT2D eigenvalue weighted by Gasteiger charge is 2.00. The molecule has 2 aromatic rings. The summed E-state index contributed by atoms with van der Waals surface area (Å²) in [5.41, 5.74) is 10.4. The van der Waals surface area contributed by atoms with E-state index in [-0.39, 0.29) is 5.96 Å². The minimum atomic E-state index is -0.0945. The average Bonchev–Trinajstić information content (AvgIpc) is 2.26. The molecule has 0 aliphatic heterocycles. The first-order chi connectivity index (χ1) is 7.27. The Morgan fingerprint density at radius 1 is 1.00 bits per heavy atom. The summed E-state index contributed by atoms with van der Waals surface area (Å²) < 4.78 is 0. The van der Waals surface area contributed by atoms with Gasteiger partial charge in [0.15, 0.2) is 5.75 Å². The van der Waals surface area contributed by atoms with Gasteiger partial charge in [0.05, 0.1) is 0 Å². The first-order valence-corrected chi connectivity index (χ1v) is 4.51. The second kappa shape index (κ2) is 3.88. The zero-order valence-corrected chi connectivity index (χ0v) is 8.05. The molecule has 15 heavy (non-hydrogen) atoms. The van der Waals surface area contributed by atoms with E-state index in [4.69, 9.17) is 16.3 Å². The number of hydrogen-bond acceptors (Lipinski definition) is 2. The number of benzene rings is 2. The Hall–Kier alpha value is -2.23. The molecule has 2 rings (SSSR count). The summed E-state index contributed by atoms with van der Waals surface area (Å²) in [7, 11) is 0. The molecule has 0 bridgehead atoms. The molecular formula is C11H11N3O. The van der Waals surface area contributed by atoms with Gasteiger partial charge in [0, 0.05) is 5.39 Å². The quantitative estimate of drug-likeness (QED) is 0.438. The van der Waals surface area contributed by atoms with Crippen molar-refractivity contribution >= 4 is 16.7 Å². The SMILES string of the molecule is NC(N)=NOc1cccc2ccccc12. The molecule has 2 aromatic carbocycles. The predicted molar refractivity (Wildman–Crippen MR) is 60.4 cm³/mol. The fraction of sp³-hybridized carbons (Fsp3) is 0. The molecule has 0 fully saturated rings. The monoisotopic (exact) mass is 201 g/mol. The standard InChI is InChI=1S/C11H11N3O/c12-11(13)14-15-10-7-3-5-8-4-1-2-6-9(8)10/h1-7H,(H4,12,13,14). The van der Waals surface area contributed by atoms with Crippen molar-refractivity contribution < 1.29 is 4.84 Å². The molecule has 0 heterocycles. The summed E-state index contributed by atoms with van der Waals surface area (Å²) in [6, 6.07) is 13.5. The van der Waals surface area contributed by atoms with Crippen LogP contribution < -0.4 is 16.3 Å². The van der Waals surface area contributed by atoms with Gasteiger partial charge < -0.3 is 16.3 Å². The zero-order valence-electron chi connectivity index (χ0n) is 8.05. The minimum Gasteiger partial charge on any atom is -0.367 e. The molecule has 0 saturated carbocycles. The third-order valence-electron chi connectivity index (χ3n) is 2.00. The van der Waals surface area contributed by atoms with Gasteiger partial charge in [-0.25, -0.2) is 0 Å². The van der Waals surface area contributed by atoms with Crippen LogP contribution in [0.2, 0.25) is 0 Å². The molecule has 4 heteroatoms. The highest BCUT2D eigenvalue weighted by Crippen LogP contribution is 2.24. The van der Waals surface area contributed by atoms with E-state index in [1.54, 1.807) is 0 Å². The molecule has 0 amide bonds. The number of guanidine groups is 1. The second-order valence-electron chi connectivity index (χ2n) is 3.08. The molecule has 0 unspecified atom stereocenters. The van der Waals surface area contributed by atoms with Crippen LogP contribution in [-0.4, -0.2) is 5.96 Å². The van der Waals surface area contributed by atoms with Crippen LogP contribution in [0.25, 0.3) is 10.8 Å². The number of nitrogens with two attached hydrogens (primary N) is 2. The van der Waals surface area contributed by atoms with Gasteiger partial charge in [-0.1, -0.05) is 36.4 Å². The van der Waals surface area contributed by atoms with Crippen molar-refractivity contribution in [3.8, 4) is 5.75 Å². The Morgan fingerprint density at radius 2 is 1.73 bits per heavy atom. The summed E-state index contributed by atoms with van der Waals surface area (Å²) >= 11 is 0. The van der Waals surface area contributed by atoms with Crippen LogP contribution in [0.15, 0.2) is 47.6 Å². The molecule has 0 spiro atoms. The van der Waals surface area contributed by atoms with Crippen LogP contribution >= 0.6 is 0 Å². The van der Waals surface area contributed by atoms with Crippen LogP contribution in [0.4, 0.5) is 0 Å². The number of fused-ring (bicyclic) bond motifs is 1. The van der Waals surface area contributed by atoms with Crippen molar-refractivity contribution in [2.75, 3.05) is 0 Å². The van der Waals surface area contributed by atoms with E-state index in [1.165, 1.54) is 0 Å². The first kappa shape index (κ1) is 9.33. The summed E-state index contributed by atoms with van der Waals surface area (Å²) in [4.78, 5) is 5.12. The van der Waals surface area contributed by atoms with Crippen LogP contribution in [0.3, 0.4) is 0 Å². The van der Waals surface area contributed by atoms with E-state index in [0.717, 1.165) is 10.8 Å². The van der Waals surface area contributed by atoms with Gasteiger partial charge in [0.25, 0.3) is 0 Å². The lowest BCUT2D eigenvalue weighted by Gasteiger charge is -2.03. The molecule has 0 atom stereocenters. The summed E-state index contributed by atoms with van der Waals surface area (Å²) in [5, 5.41) is 5.58. The Kier molecular flexibility index (Phi) is 2.41. The number of rotatable bonds is 2. The Bertz CT molecular complexity index is 499. The first-order valence-electron chi connectivity index (χ1n) is 4.51. The minimum absolute atomic E-state index is 0.0945. The highest BCUT2D eigenvalue weighted by molar-refractivity contribution is 5.88. The van der Waals surface area contributed by atoms with Crippen molar-refractivity contribution in [1.29, 1.82) is 0 Å². The van der Waals surface area contributed by atoms with Gasteiger partial charge in [-0.3, -0.25) is 0 Å². The fourth-order valence-corrected chi connectivity index (χ4v) is 1.38. The molecule has 0 aliphatic carbocycles. The summed E-state index contributed by atoms with van der Waals surface area (Å²) in [6.45, 7) is 0. The van der Waals surface area contributed by atoms with Crippen molar-refractivity contribution in [2.45, 2.75) is 0 Å². The van der Waals surface area contributed by atoms with Gasteiger partial charge in [0.2, 0.25) is 5.96 Å². The maximum atomic E-state index is 5.19. The van der Waals surface area contributed by atoms with E-state index in [1.807, 2.05) is 42.5 Å². The average molecular weight is 201 g/mol. The van der Waals surface area contributed by atoms with Gasteiger partial charge in [-0.05, 0) is 16.6 Å². The number of hydrogen-bond donors (Lipinski definition) is 2. The van der Waals surface area contributed by atoms with Gasteiger partial charge in [0.1, 0.15) is 0 Å². The van der Waals surface area contributed by atoms with E-state index in [9.17, 15) is 0 Å². The summed E-state index contributed by atoms with van der Waals surface area (Å²) in [6.07, 6.45) is 0. The van der Waals surface area contributed by atoms with Gasteiger partial charge in [-0.15, -0.1) is 0 Å². The lowest BCUT2D eigenvalue weighted by molar-refractivity contribution is 0.344. The Labute approximate surface area is 87.1 Å². The van der Waals surface area contributed by atoms with E-state index >= 15 is 0 Å². The molecule has 76 valence electrons. The highest BCUT2D eigenvalue weighted by atomic mass is 16.6. The molecule has 0 aliphatic rings. The molecule has 4 nitrogen and oxygen atoms in total. The van der Waals surface area contributed by atoms with Crippen molar-refractivity contribution in [3.63, 3.8) is 0 Å². The maximum Gasteiger partial charge on any atom is 0.228 e. The third kappa shape index (κ3) is 1.99. The van der Waals surface area contributed by atoms with Gasteiger partial charge in [-0.2, -0.15) is 0 Å². The maximum absolute atomic E-state index is 5.19. The molecular weight excluding hydrogens is 190 g/mol. The molecule has 0 aromatic heterocycles. The van der Waals surface area contributed by atoms with Gasteiger partial charge >= 0.3 is 0 Å². The van der Waals surface area contributed by atoms with Crippen molar-refractivity contribution in [1.82, 2.24) is 0 Å². The second-order valence-corrected chi connectivity index (χ2v) is 3.08. The lowest BCUT2D eigenvalue weighted by atomic mass is 10.1. The van der Waals surface area contributed by atoms with Crippen LogP contribution in [0.5, 0.6) is 5.75 Å². The molecule has 0 radical (unpaired) electrons. The van der Waals surface area contributed by atoms with Crippen LogP contribution in [-0.2, 0) is 0 Å². The molecule has 4 N–H and O–H groups in total. The van der Waals surface area contributed by atoms with E-state index < -0.39 is 0 Å². The Balaban J connectivity index is 2.47. The van der Waals surface area contributed by atoms with E-state index in [2.05, 4.69) is 5.16 Å². The lowest BCUT2D eigenvalue weighted by Crippen LogP contribution is -2.23. The smallest absolute Gasteiger partial charge is 0.228 e. The fourth-order valence-electron chi connectivity index (χ4n) is 1.38. The topological polar surface area (TPSA) is 73.6 Å². The molecule has 0 saturated heterocycles. The summed E-state index contributed by atoms with van der Waals surface area (Å²) in [5.74, 6) is 0.546. The third-order valence-corrected chi connectivity index (χ3v) is 2.00. The predicted octanol–water partition coefficient (Wildman–Crippen LogP) is 1.41. The normalized spacial score (nSPS) is 9.87. The van der Waals surface area contributed by atoms with Crippen LogP contribution in [0.1, 0.15) is 0 Å².